The molecule has 0 unspecified atom stereocenters. The molecule has 1 N–H and O–H groups in total. The minimum absolute atomic E-state index is 0. The molecule has 0 radical (unpaired) electrons. The lowest BCUT2D eigenvalue weighted by atomic mass is 10.5. The Bertz CT molecular complexity index is 124. The van der Waals surface area contributed by atoms with E-state index in [1.54, 1.807) is 0 Å². The minimum atomic E-state index is -2.57. The number of rotatable bonds is 9. The molecule has 0 aromatic rings. The van der Waals surface area contributed by atoms with E-state index in [2.05, 4.69) is 11.9 Å². The van der Waals surface area contributed by atoms with Crippen LogP contribution in [-0.2, 0) is 13.3 Å². The van der Waals surface area contributed by atoms with Gasteiger partial charge in [-0.3, -0.25) is 4.98 Å². The van der Waals surface area contributed by atoms with Gasteiger partial charge in [0.1, 0.15) is 0 Å². The Hall–Kier alpha value is 0.347. The molecule has 0 amide bonds. The average Bonchev–Trinajstić information content (AvgIpc) is 2.16. The standard InChI is InChI=1S/C9H23NO3Si.ClH/c1-5-9-10-14(11-6-2,12-7-3)13-8-4;/h10H,5-9H2,1-4H3;1H. The molecular weight excluding hydrogens is 234 g/mol. The molecule has 15 heavy (non-hydrogen) atoms. The zero-order valence-corrected chi connectivity index (χ0v) is 12.0. The quantitative estimate of drug-likeness (QED) is 0.641. The monoisotopic (exact) mass is 257 g/mol. The molecule has 0 heterocycles. The van der Waals surface area contributed by atoms with Crippen molar-refractivity contribution in [3.8, 4) is 0 Å². The molecule has 0 aromatic carbocycles. The Morgan fingerprint density at radius 1 is 0.867 bits per heavy atom. The van der Waals surface area contributed by atoms with Crippen LogP contribution in [0.2, 0.25) is 0 Å². The van der Waals surface area contributed by atoms with Crippen LogP contribution in [0.15, 0.2) is 0 Å². The van der Waals surface area contributed by atoms with E-state index in [9.17, 15) is 0 Å². The van der Waals surface area contributed by atoms with Crippen LogP contribution in [0, 0.1) is 0 Å². The SMILES string of the molecule is CCCN[Si](OCC)(OCC)OCC.Cl. The zero-order chi connectivity index (χ0) is 10.9. The lowest BCUT2D eigenvalue weighted by Gasteiger charge is -2.28. The summed E-state index contributed by atoms with van der Waals surface area (Å²) in [6.45, 7) is 10.7. The summed E-state index contributed by atoms with van der Waals surface area (Å²) < 4.78 is 16.8. The molecule has 4 nitrogen and oxygen atoms in total. The van der Waals surface area contributed by atoms with Crippen LogP contribution in [0.4, 0.5) is 0 Å². The number of hydrogen-bond acceptors (Lipinski definition) is 4. The molecule has 0 spiro atoms. The molecule has 6 heteroatoms. The van der Waals surface area contributed by atoms with Gasteiger partial charge < -0.3 is 13.3 Å². The fourth-order valence-electron chi connectivity index (χ4n) is 1.13. The Morgan fingerprint density at radius 2 is 1.27 bits per heavy atom. The molecule has 0 saturated carbocycles. The van der Waals surface area contributed by atoms with E-state index in [1.807, 2.05) is 20.8 Å². The Labute approximate surface area is 101 Å². The lowest BCUT2D eigenvalue weighted by Crippen LogP contribution is -2.59. The van der Waals surface area contributed by atoms with Gasteiger partial charge in [0.2, 0.25) is 0 Å². The molecule has 0 aromatic heterocycles. The summed E-state index contributed by atoms with van der Waals surface area (Å²) >= 11 is 0. The van der Waals surface area contributed by atoms with Crippen molar-refractivity contribution in [3.05, 3.63) is 0 Å². The van der Waals surface area contributed by atoms with E-state index >= 15 is 0 Å². The van der Waals surface area contributed by atoms with Gasteiger partial charge in [0.15, 0.2) is 0 Å². The molecule has 0 fully saturated rings. The van der Waals surface area contributed by atoms with E-state index in [-0.39, 0.29) is 12.4 Å². The van der Waals surface area contributed by atoms with Crippen molar-refractivity contribution in [2.24, 2.45) is 0 Å². The van der Waals surface area contributed by atoms with Crippen molar-refractivity contribution in [2.75, 3.05) is 26.4 Å². The highest BCUT2D eigenvalue weighted by Crippen LogP contribution is 2.05. The zero-order valence-electron chi connectivity index (χ0n) is 10.2. The van der Waals surface area contributed by atoms with Gasteiger partial charge in [0.05, 0.1) is 0 Å². The van der Waals surface area contributed by atoms with Gasteiger partial charge in [0, 0.05) is 19.8 Å². The number of halogens is 1. The first kappa shape index (κ1) is 17.7. The molecule has 0 saturated heterocycles. The van der Waals surface area contributed by atoms with Crippen molar-refractivity contribution in [1.82, 2.24) is 4.98 Å². The van der Waals surface area contributed by atoms with Crippen LogP contribution >= 0.6 is 12.4 Å². The third kappa shape index (κ3) is 7.27. The maximum Gasteiger partial charge on any atom is 0.596 e. The summed E-state index contributed by atoms with van der Waals surface area (Å²) in [6.07, 6.45) is 1.04. The van der Waals surface area contributed by atoms with E-state index in [4.69, 9.17) is 13.3 Å². The second kappa shape index (κ2) is 10.9. The second-order valence-electron chi connectivity index (χ2n) is 2.78. The molecule has 0 aliphatic carbocycles. The molecule has 0 bridgehead atoms. The first-order valence-electron chi connectivity index (χ1n) is 5.41. The van der Waals surface area contributed by atoms with E-state index in [0.29, 0.717) is 19.8 Å². The minimum Gasteiger partial charge on any atom is -0.361 e. The average molecular weight is 258 g/mol. The lowest BCUT2D eigenvalue weighted by molar-refractivity contribution is 0.0600. The summed E-state index contributed by atoms with van der Waals surface area (Å²) in [4.78, 5) is 3.26. The van der Waals surface area contributed by atoms with Gasteiger partial charge in [-0.25, -0.2) is 0 Å². The smallest absolute Gasteiger partial charge is 0.361 e. The first-order valence-corrected chi connectivity index (χ1v) is 7.14. The number of hydrogen-bond donors (Lipinski definition) is 1. The highest BCUT2D eigenvalue weighted by atomic mass is 35.5. The largest absolute Gasteiger partial charge is 0.596 e. The van der Waals surface area contributed by atoms with E-state index < -0.39 is 8.97 Å². The number of nitrogens with one attached hydrogen (secondary N) is 1. The van der Waals surface area contributed by atoms with Crippen molar-refractivity contribution < 1.29 is 13.3 Å². The van der Waals surface area contributed by atoms with Crippen LogP contribution in [0.25, 0.3) is 0 Å². The fourth-order valence-corrected chi connectivity index (χ4v) is 3.38. The molecule has 0 rings (SSSR count). The first-order chi connectivity index (χ1) is 6.74. The summed E-state index contributed by atoms with van der Waals surface area (Å²) in [5, 5.41) is 0. The maximum atomic E-state index is 5.60. The highest BCUT2D eigenvalue weighted by molar-refractivity contribution is 6.57. The van der Waals surface area contributed by atoms with Crippen molar-refractivity contribution >= 4 is 21.4 Å². The normalized spacial score (nSPS) is 11.2. The molecular formula is C9H24ClNO3Si. The van der Waals surface area contributed by atoms with Gasteiger partial charge >= 0.3 is 8.97 Å². The molecule has 94 valence electrons. The summed E-state index contributed by atoms with van der Waals surface area (Å²) in [6, 6.07) is 0. The Kier molecular flexibility index (Phi) is 12.8. The highest BCUT2D eigenvalue weighted by Gasteiger charge is 2.40. The second-order valence-corrected chi connectivity index (χ2v) is 5.11. The van der Waals surface area contributed by atoms with Gasteiger partial charge in [-0.2, -0.15) is 0 Å². The fraction of sp³-hybridized carbons (Fsp3) is 1.00. The van der Waals surface area contributed by atoms with Crippen molar-refractivity contribution in [1.29, 1.82) is 0 Å². The Balaban J connectivity index is 0. The Morgan fingerprint density at radius 3 is 1.53 bits per heavy atom. The van der Waals surface area contributed by atoms with Crippen LogP contribution in [-0.4, -0.2) is 35.3 Å². The summed E-state index contributed by atoms with van der Waals surface area (Å²) in [5.74, 6) is 0. The van der Waals surface area contributed by atoms with Crippen LogP contribution in [0.1, 0.15) is 34.1 Å². The van der Waals surface area contributed by atoms with Crippen LogP contribution < -0.4 is 4.98 Å². The van der Waals surface area contributed by atoms with Crippen LogP contribution in [0.3, 0.4) is 0 Å². The van der Waals surface area contributed by atoms with E-state index in [0.717, 1.165) is 13.0 Å². The van der Waals surface area contributed by atoms with Gasteiger partial charge in [-0.1, -0.05) is 6.92 Å². The summed E-state index contributed by atoms with van der Waals surface area (Å²) in [5.41, 5.74) is 0. The van der Waals surface area contributed by atoms with Gasteiger partial charge in [-0.05, 0) is 33.7 Å². The third-order valence-electron chi connectivity index (χ3n) is 1.59. The molecule has 0 aliphatic heterocycles. The van der Waals surface area contributed by atoms with Crippen molar-refractivity contribution in [2.45, 2.75) is 34.1 Å². The van der Waals surface area contributed by atoms with Crippen LogP contribution in [0.5, 0.6) is 0 Å². The maximum absolute atomic E-state index is 5.60. The predicted molar refractivity (Wildman–Crippen MR) is 66.2 cm³/mol. The van der Waals surface area contributed by atoms with Gasteiger partial charge in [0.25, 0.3) is 0 Å². The van der Waals surface area contributed by atoms with Crippen molar-refractivity contribution in [3.63, 3.8) is 0 Å². The topological polar surface area (TPSA) is 39.7 Å². The summed E-state index contributed by atoms with van der Waals surface area (Å²) in [7, 11) is -2.57. The molecule has 0 atom stereocenters. The van der Waals surface area contributed by atoms with Gasteiger partial charge in [-0.15, -0.1) is 12.4 Å². The van der Waals surface area contributed by atoms with E-state index in [1.165, 1.54) is 0 Å². The predicted octanol–water partition coefficient (Wildman–Crippen LogP) is 1.95. The third-order valence-corrected chi connectivity index (χ3v) is 4.28. The molecule has 0 aliphatic rings.